The first-order valence-corrected chi connectivity index (χ1v) is 7.13. The Balaban J connectivity index is 1.90. The molecule has 0 aliphatic carbocycles. The molecule has 6 heteroatoms. The van der Waals surface area contributed by atoms with Gasteiger partial charge in [-0.1, -0.05) is 42.0 Å². The zero-order valence-electron chi connectivity index (χ0n) is 12.6. The number of anilines is 1. The monoisotopic (exact) mass is 322 g/mol. The minimum absolute atomic E-state index is 0.177. The molecule has 0 unspecified atom stereocenters. The summed E-state index contributed by atoms with van der Waals surface area (Å²) in [5.41, 5.74) is 5.77. The first-order valence-electron chi connectivity index (χ1n) is 7.13. The Morgan fingerprint density at radius 3 is 2.52 bits per heavy atom. The molecule has 0 fully saturated rings. The van der Waals surface area contributed by atoms with Crippen molar-refractivity contribution in [2.75, 3.05) is 5.43 Å². The average molecular weight is 322 g/mol. The van der Waals surface area contributed by atoms with Crippen LogP contribution >= 0.6 is 0 Å². The summed E-state index contributed by atoms with van der Waals surface area (Å²) < 4.78 is 38.5. The zero-order chi connectivity index (χ0) is 16.9. The number of halogens is 3. The van der Waals surface area contributed by atoms with E-state index in [4.69, 9.17) is 0 Å². The van der Waals surface area contributed by atoms with Gasteiger partial charge in [0.15, 0.2) is 0 Å². The van der Waals surface area contributed by atoms with Crippen molar-refractivity contribution in [3.8, 4) is 0 Å². The summed E-state index contributed by atoms with van der Waals surface area (Å²) in [7, 11) is 0. The zero-order valence-corrected chi connectivity index (χ0v) is 12.6. The smallest absolute Gasteiger partial charge is 0.298 e. The Kier molecular flexibility index (Phi) is 5.26. The van der Waals surface area contributed by atoms with Crippen molar-refractivity contribution in [2.45, 2.75) is 25.9 Å². The quantitative estimate of drug-likeness (QED) is 0.814. The molecule has 0 bridgehead atoms. The van der Waals surface area contributed by atoms with Crippen LogP contribution in [0.4, 0.5) is 18.9 Å². The van der Waals surface area contributed by atoms with E-state index in [2.05, 4.69) is 10.9 Å². The van der Waals surface area contributed by atoms with Gasteiger partial charge in [0, 0.05) is 6.42 Å². The molecule has 0 radical (unpaired) electrons. The van der Waals surface area contributed by atoms with Gasteiger partial charge < -0.3 is 0 Å². The van der Waals surface area contributed by atoms with Gasteiger partial charge in [0.25, 0.3) is 0 Å². The maximum Gasteiger partial charge on any atom is 0.418 e. The lowest BCUT2D eigenvalue weighted by atomic mass is 10.1. The molecule has 3 nitrogen and oxygen atoms in total. The molecular weight excluding hydrogens is 305 g/mol. The van der Waals surface area contributed by atoms with Crippen LogP contribution in [0.1, 0.15) is 23.1 Å². The van der Waals surface area contributed by atoms with E-state index < -0.39 is 11.7 Å². The second-order valence-electron chi connectivity index (χ2n) is 5.21. The van der Waals surface area contributed by atoms with Gasteiger partial charge in [0.05, 0.1) is 11.3 Å². The van der Waals surface area contributed by atoms with Crippen LogP contribution < -0.4 is 10.9 Å². The molecule has 23 heavy (non-hydrogen) atoms. The van der Waals surface area contributed by atoms with Gasteiger partial charge in [-0.15, -0.1) is 0 Å². The van der Waals surface area contributed by atoms with E-state index in [0.717, 1.165) is 17.2 Å². The largest absolute Gasteiger partial charge is 0.418 e. The number of rotatable bonds is 5. The predicted molar refractivity (Wildman–Crippen MR) is 82.7 cm³/mol. The minimum atomic E-state index is -4.48. The van der Waals surface area contributed by atoms with E-state index in [-0.39, 0.29) is 18.0 Å². The van der Waals surface area contributed by atoms with Crippen LogP contribution in [0, 0.1) is 6.92 Å². The summed E-state index contributed by atoms with van der Waals surface area (Å²) in [6.07, 6.45) is -3.77. The normalized spacial score (nSPS) is 11.1. The van der Waals surface area contributed by atoms with Crippen molar-refractivity contribution in [3.05, 3.63) is 65.2 Å². The second-order valence-corrected chi connectivity index (χ2v) is 5.21. The van der Waals surface area contributed by atoms with Crippen LogP contribution in [-0.4, -0.2) is 5.91 Å². The highest BCUT2D eigenvalue weighted by molar-refractivity contribution is 5.78. The number of carbonyl (C=O) groups is 1. The highest BCUT2D eigenvalue weighted by Crippen LogP contribution is 2.34. The van der Waals surface area contributed by atoms with E-state index in [0.29, 0.717) is 6.42 Å². The topological polar surface area (TPSA) is 41.1 Å². The lowest BCUT2D eigenvalue weighted by Gasteiger charge is -2.15. The Hall–Kier alpha value is -2.50. The third-order valence-corrected chi connectivity index (χ3v) is 3.29. The molecule has 0 spiro atoms. The van der Waals surface area contributed by atoms with E-state index >= 15 is 0 Å². The van der Waals surface area contributed by atoms with Crippen molar-refractivity contribution in [3.63, 3.8) is 0 Å². The minimum Gasteiger partial charge on any atom is -0.298 e. The van der Waals surface area contributed by atoms with Crippen molar-refractivity contribution >= 4 is 11.6 Å². The maximum absolute atomic E-state index is 12.8. The van der Waals surface area contributed by atoms with Gasteiger partial charge in [0.1, 0.15) is 0 Å². The van der Waals surface area contributed by atoms with Crippen LogP contribution in [0.2, 0.25) is 0 Å². The molecule has 0 saturated carbocycles. The number of benzene rings is 2. The number of nitrogens with one attached hydrogen (secondary N) is 2. The number of amides is 1. The number of carbonyl (C=O) groups excluding carboxylic acids is 1. The summed E-state index contributed by atoms with van der Waals surface area (Å²) in [6.45, 7) is 1.96. The molecule has 122 valence electrons. The lowest BCUT2D eigenvalue weighted by molar-refractivity contribution is -0.137. The highest BCUT2D eigenvalue weighted by Gasteiger charge is 2.33. The fraction of sp³-hybridized carbons (Fsp3) is 0.235. The van der Waals surface area contributed by atoms with E-state index in [1.165, 1.54) is 18.2 Å². The molecule has 0 saturated heterocycles. The SMILES string of the molecule is Cc1cccc(CCC(=O)NNc2ccccc2C(F)(F)F)c1. The van der Waals surface area contributed by atoms with E-state index in [1.807, 2.05) is 31.2 Å². The lowest BCUT2D eigenvalue weighted by Crippen LogP contribution is -2.30. The molecule has 0 atom stereocenters. The van der Waals surface area contributed by atoms with E-state index in [1.54, 1.807) is 0 Å². The number of hydrogen-bond donors (Lipinski definition) is 2. The fourth-order valence-electron chi connectivity index (χ4n) is 2.16. The summed E-state index contributed by atoms with van der Waals surface area (Å²) in [4.78, 5) is 11.8. The van der Waals surface area contributed by atoms with Crippen LogP contribution in [0.5, 0.6) is 0 Å². The average Bonchev–Trinajstić information content (AvgIpc) is 2.50. The third kappa shape index (κ3) is 5.02. The van der Waals surface area contributed by atoms with Crippen molar-refractivity contribution in [1.29, 1.82) is 0 Å². The third-order valence-electron chi connectivity index (χ3n) is 3.29. The molecule has 1 amide bonds. The van der Waals surface area contributed by atoms with Crippen LogP contribution in [0.25, 0.3) is 0 Å². The van der Waals surface area contributed by atoms with Gasteiger partial charge in [0.2, 0.25) is 5.91 Å². The van der Waals surface area contributed by atoms with Gasteiger partial charge >= 0.3 is 6.18 Å². The van der Waals surface area contributed by atoms with Gasteiger partial charge in [-0.05, 0) is 31.0 Å². The Labute approximate surface area is 132 Å². The molecule has 2 rings (SSSR count). The molecule has 0 heterocycles. The first kappa shape index (κ1) is 16.9. The van der Waals surface area contributed by atoms with Crippen molar-refractivity contribution in [2.24, 2.45) is 0 Å². The van der Waals surface area contributed by atoms with Crippen molar-refractivity contribution in [1.82, 2.24) is 5.43 Å². The Morgan fingerprint density at radius 1 is 1.09 bits per heavy atom. The number of para-hydroxylation sites is 1. The number of aryl methyl sites for hydroxylation is 2. The van der Waals surface area contributed by atoms with Crippen LogP contribution in [-0.2, 0) is 17.4 Å². The van der Waals surface area contributed by atoms with Crippen LogP contribution in [0.15, 0.2) is 48.5 Å². The second kappa shape index (κ2) is 7.17. The first-order chi connectivity index (χ1) is 10.9. The standard InChI is InChI=1S/C17H17F3N2O/c1-12-5-4-6-13(11-12)9-10-16(23)22-21-15-8-3-2-7-14(15)17(18,19)20/h2-8,11,21H,9-10H2,1H3,(H,22,23). The van der Waals surface area contributed by atoms with Gasteiger partial charge in [-0.25, -0.2) is 0 Å². The Morgan fingerprint density at radius 2 is 1.83 bits per heavy atom. The fourth-order valence-corrected chi connectivity index (χ4v) is 2.16. The number of alkyl halides is 3. The summed E-state index contributed by atoms with van der Waals surface area (Å²) in [5.74, 6) is -0.372. The van der Waals surface area contributed by atoms with Gasteiger partial charge in [-0.3, -0.25) is 15.6 Å². The molecule has 0 aromatic heterocycles. The molecule has 2 aromatic rings. The Bertz CT molecular complexity index is 684. The molecule has 2 aromatic carbocycles. The molecule has 0 aliphatic heterocycles. The predicted octanol–water partition coefficient (Wildman–Crippen LogP) is 4.09. The summed E-state index contributed by atoms with van der Waals surface area (Å²) >= 11 is 0. The van der Waals surface area contributed by atoms with Gasteiger partial charge in [-0.2, -0.15) is 13.2 Å². The number of hydrazine groups is 1. The maximum atomic E-state index is 12.8. The molecule has 0 aliphatic rings. The number of hydrogen-bond acceptors (Lipinski definition) is 2. The molecule has 2 N–H and O–H groups in total. The van der Waals surface area contributed by atoms with Crippen LogP contribution in [0.3, 0.4) is 0 Å². The summed E-state index contributed by atoms with van der Waals surface area (Å²) in [5, 5.41) is 0. The summed E-state index contributed by atoms with van der Waals surface area (Å²) in [6, 6.07) is 12.7. The molecular formula is C17H17F3N2O. The van der Waals surface area contributed by atoms with Crippen molar-refractivity contribution < 1.29 is 18.0 Å². The van der Waals surface area contributed by atoms with E-state index in [9.17, 15) is 18.0 Å². The highest BCUT2D eigenvalue weighted by atomic mass is 19.4.